The van der Waals surface area contributed by atoms with Gasteiger partial charge in [-0.25, -0.2) is 13.6 Å². The van der Waals surface area contributed by atoms with E-state index < -0.39 is 11.6 Å². The van der Waals surface area contributed by atoms with E-state index in [0.29, 0.717) is 57.3 Å². The molecule has 0 radical (unpaired) electrons. The van der Waals surface area contributed by atoms with E-state index in [1.807, 2.05) is 4.90 Å². The summed E-state index contributed by atoms with van der Waals surface area (Å²) in [7, 11) is 1.67. The molecular formula is C17H24F2N4O2. The molecule has 1 saturated heterocycles. The lowest BCUT2D eigenvalue weighted by molar-refractivity contribution is 0.0915. The Kier molecular flexibility index (Phi) is 6.97. The number of hydrogen-bond donors (Lipinski definition) is 1. The zero-order chi connectivity index (χ0) is 18.2. The predicted octanol–water partition coefficient (Wildman–Crippen LogP) is 1.86. The Balaban J connectivity index is 1.81. The van der Waals surface area contributed by atoms with Crippen LogP contribution in [0.3, 0.4) is 0 Å². The van der Waals surface area contributed by atoms with Gasteiger partial charge in [0.2, 0.25) is 0 Å². The van der Waals surface area contributed by atoms with Gasteiger partial charge in [-0.3, -0.25) is 4.99 Å². The number of halogens is 2. The van der Waals surface area contributed by atoms with E-state index in [4.69, 9.17) is 4.74 Å². The minimum atomic E-state index is -0.448. The lowest BCUT2D eigenvalue weighted by Gasteiger charge is -2.35. The third-order valence-electron chi connectivity index (χ3n) is 4.00. The number of benzene rings is 1. The van der Waals surface area contributed by atoms with Crippen molar-refractivity contribution >= 4 is 12.1 Å². The van der Waals surface area contributed by atoms with E-state index in [1.54, 1.807) is 18.9 Å². The predicted molar refractivity (Wildman–Crippen MR) is 91.6 cm³/mol. The van der Waals surface area contributed by atoms with Crippen molar-refractivity contribution in [3.8, 4) is 0 Å². The second kappa shape index (κ2) is 9.19. The number of rotatable bonds is 4. The summed E-state index contributed by atoms with van der Waals surface area (Å²) in [4.78, 5) is 19.6. The molecule has 1 aromatic rings. The van der Waals surface area contributed by atoms with Crippen LogP contribution < -0.4 is 5.32 Å². The minimum absolute atomic E-state index is 0.299. The van der Waals surface area contributed by atoms with Gasteiger partial charge in [0.1, 0.15) is 11.6 Å². The molecule has 138 valence electrons. The largest absolute Gasteiger partial charge is 0.450 e. The second-order valence-corrected chi connectivity index (χ2v) is 5.63. The topological polar surface area (TPSA) is 57.2 Å². The van der Waals surface area contributed by atoms with Crippen LogP contribution >= 0.6 is 0 Å². The maximum Gasteiger partial charge on any atom is 0.409 e. The Morgan fingerprint density at radius 1 is 1.24 bits per heavy atom. The highest BCUT2D eigenvalue weighted by molar-refractivity contribution is 5.80. The lowest BCUT2D eigenvalue weighted by Crippen LogP contribution is -2.54. The minimum Gasteiger partial charge on any atom is -0.450 e. The molecule has 1 N–H and O–H groups in total. The van der Waals surface area contributed by atoms with E-state index >= 15 is 0 Å². The summed E-state index contributed by atoms with van der Waals surface area (Å²) in [6.07, 6.45) is 0.0532. The Morgan fingerprint density at radius 2 is 1.92 bits per heavy atom. The number of nitrogens with one attached hydrogen (secondary N) is 1. The fraction of sp³-hybridized carbons (Fsp3) is 0.529. The van der Waals surface area contributed by atoms with E-state index in [2.05, 4.69) is 10.3 Å². The van der Waals surface area contributed by atoms with Crippen LogP contribution in [0.5, 0.6) is 0 Å². The number of ether oxygens (including phenoxy) is 1. The molecule has 0 unspecified atom stereocenters. The number of amides is 1. The molecule has 1 aromatic carbocycles. The SMILES string of the molecule is CCOC(=O)N1CCN(C(=NC)NCCc2cc(F)ccc2F)CC1. The fourth-order valence-corrected chi connectivity index (χ4v) is 2.69. The zero-order valence-electron chi connectivity index (χ0n) is 14.6. The van der Waals surface area contributed by atoms with Gasteiger partial charge in [-0.05, 0) is 37.1 Å². The average Bonchev–Trinajstić information content (AvgIpc) is 2.62. The molecule has 0 aromatic heterocycles. The molecule has 0 aliphatic carbocycles. The molecule has 1 amide bonds. The molecule has 1 fully saturated rings. The van der Waals surface area contributed by atoms with Crippen LogP contribution in [-0.2, 0) is 11.2 Å². The van der Waals surface area contributed by atoms with Gasteiger partial charge < -0.3 is 19.9 Å². The Hall–Kier alpha value is -2.38. The summed E-state index contributed by atoms with van der Waals surface area (Å²) in [6, 6.07) is 3.44. The monoisotopic (exact) mass is 354 g/mol. The first-order chi connectivity index (χ1) is 12.0. The van der Waals surface area contributed by atoms with Crippen LogP contribution in [0, 0.1) is 11.6 Å². The average molecular weight is 354 g/mol. The van der Waals surface area contributed by atoms with Gasteiger partial charge in [0.15, 0.2) is 5.96 Å². The van der Waals surface area contributed by atoms with Gasteiger partial charge in [-0.1, -0.05) is 0 Å². The molecule has 6 nitrogen and oxygen atoms in total. The number of piperazine rings is 1. The maximum atomic E-state index is 13.6. The number of guanidine groups is 1. The first-order valence-corrected chi connectivity index (χ1v) is 8.36. The maximum absolute atomic E-state index is 13.6. The van der Waals surface area contributed by atoms with Crippen LogP contribution in [0.2, 0.25) is 0 Å². The molecule has 1 aliphatic rings. The number of aliphatic imine (C=N–C) groups is 1. The first kappa shape index (κ1) is 19.0. The van der Waals surface area contributed by atoms with Crippen molar-refractivity contribution in [2.24, 2.45) is 4.99 Å². The normalized spacial score (nSPS) is 15.3. The van der Waals surface area contributed by atoms with Crippen molar-refractivity contribution < 1.29 is 18.3 Å². The molecule has 1 aliphatic heterocycles. The third-order valence-corrected chi connectivity index (χ3v) is 4.00. The number of hydrogen-bond acceptors (Lipinski definition) is 3. The number of nitrogens with zero attached hydrogens (tertiary/aromatic N) is 3. The van der Waals surface area contributed by atoms with Crippen molar-refractivity contribution in [1.29, 1.82) is 0 Å². The van der Waals surface area contributed by atoms with Crippen molar-refractivity contribution in [3.63, 3.8) is 0 Å². The molecule has 1 heterocycles. The first-order valence-electron chi connectivity index (χ1n) is 8.36. The van der Waals surface area contributed by atoms with Crippen LogP contribution in [-0.4, -0.2) is 68.2 Å². The fourth-order valence-electron chi connectivity index (χ4n) is 2.69. The zero-order valence-corrected chi connectivity index (χ0v) is 14.6. The Bertz CT molecular complexity index is 617. The molecule has 25 heavy (non-hydrogen) atoms. The van der Waals surface area contributed by atoms with Crippen LogP contribution in [0.1, 0.15) is 12.5 Å². The molecule has 0 saturated carbocycles. The van der Waals surface area contributed by atoms with Gasteiger partial charge in [0.25, 0.3) is 0 Å². The quantitative estimate of drug-likeness (QED) is 0.662. The number of carbonyl (C=O) groups excluding carboxylic acids is 1. The smallest absolute Gasteiger partial charge is 0.409 e. The van der Waals surface area contributed by atoms with Gasteiger partial charge in [-0.15, -0.1) is 0 Å². The second-order valence-electron chi connectivity index (χ2n) is 5.63. The van der Waals surface area contributed by atoms with Crippen LogP contribution in [0.4, 0.5) is 13.6 Å². The van der Waals surface area contributed by atoms with E-state index in [-0.39, 0.29) is 6.09 Å². The molecule has 0 bridgehead atoms. The molecular weight excluding hydrogens is 330 g/mol. The van der Waals surface area contributed by atoms with Gasteiger partial charge in [0.05, 0.1) is 6.61 Å². The summed E-state index contributed by atoms with van der Waals surface area (Å²) in [5.41, 5.74) is 0.329. The highest BCUT2D eigenvalue weighted by atomic mass is 19.1. The summed E-state index contributed by atoms with van der Waals surface area (Å²) >= 11 is 0. The van der Waals surface area contributed by atoms with Gasteiger partial charge >= 0.3 is 6.09 Å². The highest BCUT2D eigenvalue weighted by Gasteiger charge is 2.23. The molecule has 2 rings (SSSR count). The van der Waals surface area contributed by atoms with Crippen molar-refractivity contribution in [2.75, 3.05) is 46.4 Å². The van der Waals surface area contributed by atoms with Gasteiger partial charge in [0, 0.05) is 39.8 Å². The molecule has 8 heteroatoms. The van der Waals surface area contributed by atoms with E-state index in [0.717, 1.165) is 12.1 Å². The summed E-state index contributed by atoms with van der Waals surface area (Å²) in [5.74, 6) is -0.183. The Morgan fingerprint density at radius 3 is 2.56 bits per heavy atom. The lowest BCUT2D eigenvalue weighted by atomic mass is 10.1. The molecule has 0 atom stereocenters. The standard InChI is InChI=1S/C17H24F2N4O2/c1-3-25-17(24)23-10-8-22(9-11-23)16(20-2)21-7-6-13-12-14(18)4-5-15(13)19/h4-5,12H,3,6-11H2,1-2H3,(H,20,21). The van der Waals surface area contributed by atoms with Crippen LogP contribution in [0.25, 0.3) is 0 Å². The third kappa shape index (κ3) is 5.30. The van der Waals surface area contributed by atoms with E-state index in [9.17, 15) is 13.6 Å². The summed E-state index contributed by atoms with van der Waals surface area (Å²) in [6.45, 7) is 4.95. The summed E-state index contributed by atoms with van der Waals surface area (Å²) in [5, 5.41) is 3.16. The van der Waals surface area contributed by atoms with Crippen molar-refractivity contribution in [1.82, 2.24) is 15.1 Å². The number of carbonyl (C=O) groups is 1. The Labute approximate surface area is 146 Å². The highest BCUT2D eigenvalue weighted by Crippen LogP contribution is 2.10. The van der Waals surface area contributed by atoms with Crippen molar-refractivity contribution in [2.45, 2.75) is 13.3 Å². The van der Waals surface area contributed by atoms with Gasteiger partial charge in [-0.2, -0.15) is 0 Å². The van der Waals surface area contributed by atoms with Crippen molar-refractivity contribution in [3.05, 3.63) is 35.4 Å². The van der Waals surface area contributed by atoms with Crippen LogP contribution in [0.15, 0.2) is 23.2 Å². The summed E-state index contributed by atoms with van der Waals surface area (Å²) < 4.78 is 31.8. The molecule has 0 spiro atoms. The van der Waals surface area contributed by atoms with E-state index in [1.165, 1.54) is 6.07 Å².